The van der Waals surface area contributed by atoms with Gasteiger partial charge in [0.1, 0.15) is 18.5 Å². The number of hydrogen-bond acceptors (Lipinski definition) is 10. The number of carbonyl (C=O) groups excluding carboxylic acids is 3. The molecule has 1 aliphatic rings. The number of carbonyl (C=O) groups is 3. The van der Waals surface area contributed by atoms with Crippen LogP contribution in [0.5, 0.6) is 5.75 Å². The van der Waals surface area contributed by atoms with Crippen molar-refractivity contribution in [3.8, 4) is 5.75 Å². The van der Waals surface area contributed by atoms with Crippen LogP contribution in [0.3, 0.4) is 0 Å². The molecule has 0 aromatic heterocycles. The number of hydrogen-bond donors (Lipinski definition) is 1. The van der Waals surface area contributed by atoms with E-state index in [1.807, 2.05) is 11.8 Å². The lowest BCUT2D eigenvalue weighted by Crippen LogP contribution is -2.40. The molecule has 0 bridgehead atoms. The van der Waals surface area contributed by atoms with Gasteiger partial charge < -0.3 is 24.4 Å². The first-order valence-electron chi connectivity index (χ1n) is 13.5. The van der Waals surface area contributed by atoms with Gasteiger partial charge in [-0.15, -0.1) is 10.1 Å². The van der Waals surface area contributed by atoms with Gasteiger partial charge in [0.15, 0.2) is 0 Å². The average Bonchev–Trinajstić information content (AvgIpc) is 2.97. The van der Waals surface area contributed by atoms with Crippen LogP contribution in [0, 0.1) is 10.1 Å². The lowest BCUT2D eigenvalue weighted by atomic mass is 9.98. The lowest BCUT2D eigenvalue weighted by molar-refractivity contribution is -0.757. The third-order valence-electron chi connectivity index (χ3n) is 6.19. The molecule has 1 fully saturated rings. The van der Waals surface area contributed by atoms with Gasteiger partial charge in [0, 0.05) is 31.3 Å². The minimum atomic E-state index is -0.928. The number of unbranched alkanes of at least 4 members (excludes halogenated alkanes) is 1. The Bertz CT molecular complexity index is 1190. The fraction of sp³-hybridized carbons (Fsp3) is 0.414. The van der Waals surface area contributed by atoms with E-state index >= 15 is 0 Å². The first-order chi connectivity index (χ1) is 19.9. The molecule has 3 rings (SSSR count). The van der Waals surface area contributed by atoms with E-state index < -0.39 is 23.1 Å². The van der Waals surface area contributed by atoms with Crippen LogP contribution in [0.2, 0.25) is 0 Å². The first-order valence-corrected chi connectivity index (χ1v) is 13.5. The van der Waals surface area contributed by atoms with Crippen molar-refractivity contribution in [1.82, 2.24) is 10.2 Å². The minimum absolute atomic E-state index is 0.00705. The highest BCUT2D eigenvalue weighted by Crippen LogP contribution is 2.28. The fourth-order valence-corrected chi connectivity index (χ4v) is 4.10. The molecule has 1 atom stereocenters. The zero-order chi connectivity index (χ0) is 29.5. The molecule has 1 saturated heterocycles. The van der Waals surface area contributed by atoms with E-state index in [9.17, 15) is 24.5 Å². The maximum Gasteiger partial charge on any atom is 0.343 e. The molecule has 1 N–H and O–H groups in total. The van der Waals surface area contributed by atoms with Crippen LogP contribution in [0.1, 0.15) is 53.8 Å². The standard InChI is InChI=1S/C29H35N3O9/c1-2-3-8-26(41-28(34)21-31-16-19-38-20-17-31)24-6-4-5-7-25(24)29(35)40-23-12-9-22(10-13-23)11-14-27(33)30-15-18-39-32(36)37/h4-7,9-14,26H,2-3,8,15-21H2,1H3,(H,30,33)/b14-11+. The number of esters is 2. The van der Waals surface area contributed by atoms with Gasteiger partial charge in [-0.25, -0.2) is 4.79 Å². The summed E-state index contributed by atoms with van der Waals surface area (Å²) in [6, 6.07) is 13.5. The molecule has 2 aromatic rings. The summed E-state index contributed by atoms with van der Waals surface area (Å²) < 4.78 is 16.8. The highest BCUT2D eigenvalue weighted by atomic mass is 16.9. The Balaban J connectivity index is 1.61. The van der Waals surface area contributed by atoms with E-state index in [0.29, 0.717) is 55.2 Å². The van der Waals surface area contributed by atoms with Crippen LogP contribution in [-0.2, 0) is 23.9 Å². The Kier molecular flexibility index (Phi) is 12.7. The molecular weight excluding hydrogens is 534 g/mol. The van der Waals surface area contributed by atoms with Gasteiger partial charge in [0.2, 0.25) is 5.91 Å². The Hall–Kier alpha value is -4.29. The summed E-state index contributed by atoms with van der Waals surface area (Å²) in [5, 5.41) is 11.6. The van der Waals surface area contributed by atoms with Crippen LogP contribution in [0.25, 0.3) is 6.08 Å². The maximum atomic E-state index is 13.2. The van der Waals surface area contributed by atoms with E-state index in [2.05, 4.69) is 10.2 Å². The zero-order valence-corrected chi connectivity index (χ0v) is 23.0. The molecule has 41 heavy (non-hydrogen) atoms. The molecule has 0 radical (unpaired) electrons. The van der Waals surface area contributed by atoms with Crippen molar-refractivity contribution in [1.29, 1.82) is 0 Å². The number of rotatable bonds is 15. The second kappa shape index (κ2) is 16.7. The van der Waals surface area contributed by atoms with Crippen molar-refractivity contribution in [2.24, 2.45) is 0 Å². The summed E-state index contributed by atoms with van der Waals surface area (Å²) in [7, 11) is 0. The van der Waals surface area contributed by atoms with Gasteiger partial charge in [0.05, 0.1) is 25.3 Å². The van der Waals surface area contributed by atoms with Crippen LogP contribution in [0.15, 0.2) is 54.6 Å². The maximum absolute atomic E-state index is 13.2. The van der Waals surface area contributed by atoms with Gasteiger partial charge >= 0.3 is 11.9 Å². The molecule has 1 amide bonds. The molecule has 0 spiro atoms. The van der Waals surface area contributed by atoms with E-state index in [0.717, 1.165) is 12.8 Å². The van der Waals surface area contributed by atoms with Crippen molar-refractivity contribution < 1.29 is 38.5 Å². The summed E-state index contributed by atoms with van der Waals surface area (Å²) in [5.41, 5.74) is 1.58. The molecule has 12 heteroatoms. The highest BCUT2D eigenvalue weighted by Gasteiger charge is 2.25. The molecule has 0 saturated carbocycles. The van der Waals surface area contributed by atoms with Crippen molar-refractivity contribution in [3.63, 3.8) is 0 Å². The quantitative estimate of drug-likeness (QED) is 0.0846. The molecule has 0 aliphatic carbocycles. The second-order valence-electron chi connectivity index (χ2n) is 9.24. The average molecular weight is 570 g/mol. The SMILES string of the molecule is CCCCC(OC(=O)CN1CCOCC1)c1ccccc1C(=O)Oc1ccc(/C=C/C(=O)NCCO[N+](=O)[O-])cc1. The van der Waals surface area contributed by atoms with Crippen LogP contribution < -0.4 is 10.1 Å². The summed E-state index contributed by atoms with van der Waals surface area (Å²) >= 11 is 0. The van der Waals surface area contributed by atoms with Gasteiger partial charge in [-0.1, -0.05) is 43.7 Å². The summed E-state index contributed by atoms with van der Waals surface area (Å²) in [5.74, 6) is -1.06. The van der Waals surface area contributed by atoms with E-state index in [1.54, 1.807) is 54.6 Å². The normalized spacial score (nSPS) is 14.3. The predicted octanol–water partition coefficient (Wildman–Crippen LogP) is 3.35. The summed E-state index contributed by atoms with van der Waals surface area (Å²) in [6.45, 7) is 4.46. The topological polar surface area (TPSA) is 147 Å². The smallest absolute Gasteiger partial charge is 0.343 e. The largest absolute Gasteiger partial charge is 0.457 e. The van der Waals surface area contributed by atoms with E-state index in [4.69, 9.17) is 14.2 Å². The Morgan fingerprint density at radius 2 is 1.85 bits per heavy atom. The monoisotopic (exact) mass is 569 g/mol. The van der Waals surface area contributed by atoms with Crippen LogP contribution in [-0.4, -0.2) is 73.8 Å². The van der Waals surface area contributed by atoms with Crippen molar-refractivity contribution in [2.45, 2.75) is 32.3 Å². The zero-order valence-electron chi connectivity index (χ0n) is 23.0. The van der Waals surface area contributed by atoms with Crippen molar-refractivity contribution in [2.75, 3.05) is 46.0 Å². The third kappa shape index (κ3) is 11.0. The second-order valence-corrected chi connectivity index (χ2v) is 9.24. The Morgan fingerprint density at radius 1 is 1.12 bits per heavy atom. The minimum Gasteiger partial charge on any atom is -0.457 e. The summed E-state index contributed by atoms with van der Waals surface area (Å²) in [6.07, 6.45) is 4.54. The molecule has 1 unspecified atom stereocenters. The van der Waals surface area contributed by atoms with Gasteiger partial charge in [-0.2, -0.15) is 0 Å². The highest BCUT2D eigenvalue weighted by molar-refractivity contribution is 5.93. The van der Waals surface area contributed by atoms with Crippen molar-refractivity contribution >= 4 is 23.9 Å². The molecule has 1 heterocycles. The predicted molar refractivity (Wildman–Crippen MR) is 148 cm³/mol. The Labute approximate surface area is 238 Å². The van der Waals surface area contributed by atoms with Gasteiger partial charge in [-0.3, -0.25) is 14.5 Å². The van der Waals surface area contributed by atoms with Gasteiger partial charge in [-0.05, 0) is 42.7 Å². The molecule has 2 aromatic carbocycles. The van der Waals surface area contributed by atoms with Crippen LogP contribution >= 0.6 is 0 Å². The third-order valence-corrected chi connectivity index (χ3v) is 6.19. The molecule has 1 aliphatic heterocycles. The van der Waals surface area contributed by atoms with Crippen LogP contribution in [0.4, 0.5) is 0 Å². The molecular formula is C29H35N3O9. The Morgan fingerprint density at radius 3 is 2.56 bits per heavy atom. The number of nitrogens with one attached hydrogen (secondary N) is 1. The number of amides is 1. The van der Waals surface area contributed by atoms with Crippen molar-refractivity contribution in [3.05, 3.63) is 81.4 Å². The summed E-state index contributed by atoms with van der Waals surface area (Å²) in [4.78, 5) is 54.0. The number of nitrogens with zero attached hydrogens (tertiary/aromatic N) is 2. The fourth-order valence-electron chi connectivity index (χ4n) is 4.10. The van der Waals surface area contributed by atoms with E-state index in [1.165, 1.54) is 6.08 Å². The number of benzene rings is 2. The number of ether oxygens (including phenoxy) is 3. The number of morpholine rings is 1. The molecule has 220 valence electrons. The van der Waals surface area contributed by atoms with E-state index in [-0.39, 0.29) is 25.7 Å². The van der Waals surface area contributed by atoms with Gasteiger partial charge in [0.25, 0.3) is 5.09 Å². The lowest BCUT2D eigenvalue weighted by Gasteiger charge is -2.27. The first kappa shape index (κ1) is 31.2. The molecule has 12 nitrogen and oxygen atoms in total.